The molecule has 2 aliphatic rings. The van der Waals surface area contributed by atoms with E-state index < -0.39 is 33.9 Å². The molecule has 6 nitrogen and oxygen atoms in total. The molecule has 0 bridgehead atoms. The molecule has 2 atom stereocenters. The van der Waals surface area contributed by atoms with Crippen molar-refractivity contribution in [2.45, 2.75) is 57.3 Å². The zero-order valence-electron chi connectivity index (χ0n) is 19.8. The highest BCUT2D eigenvalue weighted by atomic mass is 32.2. The number of aromatic nitrogens is 1. The van der Waals surface area contributed by atoms with Gasteiger partial charge in [-0.15, -0.1) is 0 Å². The molecular weight excluding hydrogens is 479 g/mol. The number of carbonyl (C=O) groups excluding carboxylic acids is 1. The van der Waals surface area contributed by atoms with Gasteiger partial charge in [0.05, 0.1) is 29.1 Å². The molecule has 1 aromatic carbocycles. The van der Waals surface area contributed by atoms with Crippen LogP contribution in [0.4, 0.5) is 18.9 Å². The van der Waals surface area contributed by atoms with Crippen LogP contribution in [0.3, 0.4) is 0 Å². The maximum atomic E-state index is 14.0. The third-order valence-electron chi connectivity index (χ3n) is 7.05. The molecule has 190 valence electrons. The predicted molar refractivity (Wildman–Crippen MR) is 128 cm³/mol. The molecule has 2 aromatic rings. The summed E-state index contributed by atoms with van der Waals surface area (Å²) >= 11 is 0. The first kappa shape index (κ1) is 25.5. The number of nitrogens with zero attached hydrogens (tertiary/aromatic N) is 2. The number of hydrogen-bond acceptors (Lipinski definition) is 5. The second-order valence-corrected chi connectivity index (χ2v) is 11.8. The van der Waals surface area contributed by atoms with E-state index in [0.29, 0.717) is 10.6 Å². The van der Waals surface area contributed by atoms with Crippen molar-refractivity contribution in [3.05, 3.63) is 58.9 Å². The smallest absolute Gasteiger partial charge is 0.380 e. The first-order chi connectivity index (χ1) is 16.5. The van der Waals surface area contributed by atoms with E-state index in [4.69, 9.17) is 0 Å². The summed E-state index contributed by atoms with van der Waals surface area (Å²) in [6.45, 7) is 2.12. The molecule has 35 heavy (non-hydrogen) atoms. The fraction of sp³-hybridized carbons (Fsp3) is 0.520. The van der Waals surface area contributed by atoms with Gasteiger partial charge in [0.1, 0.15) is 9.84 Å². The summed E-state index contributed by atoms with van der Waals surface area (Å²) in [5.74, 6) is -1.82. The lowest BCUT2D eigenvalue weighted by atomic mass is 9.99. The van der Waals surface area contributed by atoms with Gasteiger partial charge in [0, 0.05) is 19.0 Å². The molecule has 1 N–H and O–H groups in total. The van der Waals surface area contributed by atoms with E-state index >= 15 is 0 Å². The normalized spacial score (nSPS) is 20.8. The first-order valence-electron chi connectivity index (χ1n) is 11.8. The van der Waals surface area contributed by atoms with Gasteiger partial charge < -0.3 is 10.2 Å². The number of alkyl halides is 3. The lowest BCUT2D eigenvalue weighted by molar-refractivity contribution is -0.191. The third kappa shape index (κ3) is 5.63. The summed E-state index contributed by atoms with van der Waals surface area (Å²) in [5.41, 5.74) is 4.29. The highest BCUT2D eigenvalue weighted by Crippen LogP contribution is 2.38. The summed E-state index contributed by atoms with van der Waals surface area (Å²) in [4.78, 5) is 17.6. The molecule has 1 aromatic heterocycles. The minimum absolute atomic E-state index is 0.0376. The van der Waals surface area contributed by atoms with Crippen molar-refractivity contribution in [2.24, 2.45) is 5.92 Å². The fourth-order valence-electron chi connectivity index (χ4n) is 5.18. The Morgan fingerprint density at radius 1 is 1.17 bits per heavy atom. The van der Waals surface area contributed by atoms with Crippen molar-refractivity contribution in [3.63, 3.8) is 0 Å². The Labute approximate surface area is 203 Å². The first-order valence-corrected chi connectivity index (χ1v) is 13.7. The van der Waals surface area contributed by atoms with Crippen LogP contribution in [0.2, 0.25) is 0 Å². The maximum absolute atomic E-state index is 14.0. The number of amides is 1. The summed E-state index contributed by atoms with van der Waals surface area (Å²) < 4.78 is 65.3. The van der Waals surface area contributed by atoms with Crippen molar-refractivity contribution in [1.29, 1.82) is 0 Å². The molecule has 1 aliphatic carbocycles. The number of hydrogen-bond donors (Lipinski definition) is 1. The minimum Gasteiger partial charge on any atom is -0.380 e. The van der Waals surface area contributed by atoms with Crippen molar-refractivity contribution < 1.29 is 26.4 Å². The molecule has 1 aliphatic heterocycles. The standard InChI is InChI=1S/C25H30F3N3O3S/c1-3-16-5-4-6-18-13-20(14-21(16)18)30-19-7-8-22(29-15-19)23(25(26,27)28)31(2)24(32)17-9-11-35(33,34)12-10-17/h4-8,15,17,20,23,30H,3,9-14H2,1-2H3. The zero-order valence-corrected chi connectivity index (χ0v) is 20.6. The van der Waals surface area contributed by atoms with Gasteiger partial charge in [-0.1, -0.05) is 25.1 Å². The fourth-order valence-corrected chi connectivity index (χ4v) is 6.68. The average Bonchev–Trinajstić information content (AvgIpc) is 3.21. The molecule has 1 amide bonds. The van der Waals surface area contributed by atoms with Gasteiger partial charge in [0.15, 0.2) is 6.04 Å². The van der Waals surface area contributed by atoms with Gasteiger partial charge >= 0.3 is 6.18 Å². The molecule has 10 heteroatoms. The molecular formula is C25H30F3N3O3S. The Balaban J connectivity index is 1.46. The van der Waals surface area contributed by atoms with Crippen molar-refractivity contribution in [3.8, 4) is 0 Å². The van der Waals surface area contributed by atoms with Gasteiger partial charge in [-0.2, -0.15) is 13.2 Å². The molecule has 4 rings (SSSR count). The Hall–Kier alpha value is -2.62. The van der Waals surface area contributed by atoms with Crippen LogP contribution in [-0.2, 0) is 33.9 Å². The average molecular weight is 510 g/mol. The highest BCUT2D eigenvalue weighted by Gasteiger charge is 2.47. The zero-order chi connectivity index (χ0) is 25.4. The number of pyridine rings is 1. The molecule has 1 fully saturated rings. The van der Waals surface area contributed by atoms with Crippen LogP contribution in [0, 0.1) is 5.92 Å². The monoisotopic (exact) mass is 509 g/mol. The maximum Gasteiger partial charge on any atom is 0.414 e. The summed E-state index contributed by atoms with van der Waals surface area (Å²) in [7, 11) is -2.11. The molecule has 0 spiro atoms. The van der Waals surface area contributed by atoms with Gasteiger partial charge in [-0.25, -0.2) is 8.42 Å². The number of benzene rings is 1. The Morgan fingerprint density at radius 3 is 2.49 bits per heavy atom. The largest absolute Gasteiger partial charge is 0.414 e. The van der Waals surface area contributed by atoms with Crippen LogP contribution >= 0.6 is 0 Å². The van der Waals surface area contributed by atoms with Crippen molar-refractivity contribution in [2.75, 3.05) is 23.9 Å². The third-order valence-corrected chi connectivity index (χ3v) is 8.77. The van der Waals surface area contributed by atoms with Crippen LogP contribution in [-0.4, -0.2) is 55.0 Å². The van der Waals surface area contributed by atoms with E-state index in [9.17, 15) is 26.4 Å². The quantitative estimate of drug-likeness (QED) is 0.634. The second-order valence-electron chi connectivity index (χ2n) is 9.45. The highest BCUT2D eigenvalue weighted by molar-refractivity contribution is 7.91. The molecule has 0 radical (unpaired) electrons. The van der Waals surface area contributed by atoms with Gasteiger partial charge in [0.25, 0.3) is 0 Å². The lowest BCUT2D eigenvalue weighted by Gasteiger charge is -2.33. The Kier molecular flexibility index (Phi) is 7.13. The topological polar surface area (TPSA) is 79.4 Å². The number of carbonyl (C=O) groups is 1. The second kappa shape index (κ2) is 9.79. The van der Waals surface area contributed by atoms with Crippen molar-refractivity contribution >= 4 is 21.4 Å². The van der Waals surface area contributed by atoms with E-state index in [1.807, 2.05) is 0 Å². The molecule has 1 saturated heterocycles. The number of aryl methyl sites for hydroxylation is 1. The van der Waals surface area contributed by atoms with E-state index in [2.05, 4.69) is 35.4 Å². The van der Waals surface area contributed by atoms with Crippen LogP contribution in [0.1, 0.15) is 48.2 Å². The van der Waals surface area contributed by atoms with E-state index in [1.165, 1.54) is 29.0 Å². The van der Waals surface area contributed by atoms with Gasteiger partial charge in [-0.05, 0) is 60.9 Å². The SMILES string of the molecule is CCc1cccc2c1CC(Nc1ccc(C(N(C)C(=O)C3CCS(=O)(=O)CC3)C(F)(F)F)nc1)C2. The van der Waals surface area contributed by atoms with Crippen LogP contribution in [0.5, 0.6) is 0 Å². The lowest BCUT2D eigenvalue weighted by Crippen LogP contribution is -2.44. The van der Waals surface area contributed by atoms with E-state index in [0.717, 1.165) is 26.3 Å². The predicted octanol–water partition coefficient (Wildman–Crippen LogP) is 4.11. The minimum atomic E-state index is -4.73. The van der Waals surface area contributed by atoms with Crippen molar-refractivity contribution in [1.82, 2.24) is 9.88 Å². The van der Waals surface area contributed by atoms with Gasteiger partial charge in [0.2, 0.25) is 5.91 Å². The van der Waals surface area contributed by atoms with E-state index in [1.54, 1.807) is 6.07 Å². The number of nitrogens with one attached hydrogen (secondary N) is 1. The van der Waals surface area contributed by atoms with E-state index in [-0.39, 0.29) is 36.1 Å². The van der Waals surface area contributed by atoms with Gasteiger partial charge in [-0.3, -0.25) is 9.78 Å². The number of halogens is 3. The molecule has 2 unspecified atom stereocenters. The molecule has 0 saturated carbocycles. The summed E-state index contributed by atoms with van der Waals surface area (Å²) in [6, 6.07) is 7.09. The Morgan fingerprint density at radius 2 is 1.89 bits per heavy atom. The molecule has 2 heterocycles. The number of rotatable bonds is 6. The number of sulfone groups is 1. The Bertz CT molecular complexity index is 1170. The number of fused-ring (bicyclic) bond motifs is 1. The summed E-state index contributed by atoms with van der Waals surface area (Å²) in [5, 5.41) is 3.37. The van der Waals surface area contributed by atoms with Crippen LogP contribution < -0.4 is 5.32 Å². The number of anilines is 1. The van der Waals surface area contributed by atoms with Crippen LogP contribution in [0.15, 0.2) is 36.5 Å². The summed E-state index contributed by atoms with van der Waals surface area (Å²) in [6.07, 6.45) is -0.634. The van der Waals surface area contributed by atoms with Crippen LogP contribution in [0.25, 0.3) is 0 Å².